The highest BCUT2D eigenvalue weighted by Gasteiger charge is 2.03. The second kappa shape index (κ2) is 3.77. The van der Waals surface area contributed by atoms with Crippen molar-refractivity contribution in [1.29, 1.82) is 0 Å². The standard InChI is InChI=1S/C9H17N/c1-9-5-3-7-10(2)8-4-6-9/h1,3-8H2,2H3. The average molecular weight is 139 g/mol. The van der Waals surface area contributed by atoms with E-state index >= 15 is 0 Å². The van der Waals surface area contributed by atoms with Crippen LogP contribution >= 0.6 is 0 Å². The van der Waals surface area contributed by atoms with E-state index in [1.807, 2.05) is 0 Å². The normalized spacial score (nSPS) is 23.9. The molecule has 1 aliphatic heterocycles. The lowest BCUT2D eigenvalue weighted by molar-refractivity contribution is 0.313. The van der Waals surface area contributed by atoms with Crippen LogP contribution in [0.3, 0.4) is 0 Å². The van der Waals surface area contributed by atoms with Crippen molar-refractivity contribution in [1.82, 2.24) is 4.90 Å². The highest BCUT2D eigenvalue weighted by molar-refractivity contribution is 4.94. The van der Waals surface area contributed by atoms with Gasteiger partial charge in [-0.15, -0.1) is 0 Å². The van der Waals surface area contributed by atoms with Gasteiger partial charge in [-0.05, 0) is 45.8 Å². The van der Waals surface area contributed by atoms with Crippen LogP contribution in [0.15, 0.2) is 12.2 Å². The first-order chi connectivity index (χ1) is 4.79. The van der Waals surface area contributed by atoms with E-state index in [0.29, 0.717) is 0 Å². The molecule has 1 aliphatic rings. The van der Waals surface area contributed by atoms with Gasteiger partial charge in [0.25, 0.3) is 0 Å². The molecule has 1 heteroatoms. The van der Waals surface area contributed by atoms with E-state index in [4.69, 9.17) is 0 Å². The Morgan fingerprint density at radius 3 is 2.20 bits per heavy atom. The first-order valence-corrected chi connectivity index (χ1v) is 4.14. The highest BCUT2D eigenvalue weighted by Crippen LogP contribution is 2.13. The minimum absolute atomic E-state index is 1.24. The van der Waals surface area contributed by atoms with Crippen molar-refractivity contribution in [3.8, 4) is 0 Å². The molecule has 1 fully saturated rings. The Morgan fingerprint density at radius 2 is 1.70 bits per heavy atom. The summed E-state index contributed by atoms with van der Waals surface area (Å²) in [5, 5.41) is 0. The van der Waals surface area contributed by atoms with Gasteiger partial charge in [0.1, 0.15) is 0 Å². The minimum Gasteiger partial charge on any atom is -0.306 e. The molecule has 0 aliphatic carbocycles. The molecule has 0 aromatic heterocycles. The van der Waals surface area contributed by atoms with Crippen LogP contribution in [-0.2, 0) is 0 Å². The molecule has 1 saturated heterocycles. The molecule has 0 N–H and O–H groups in total. The van der Waals surface area contributed by atoms with Crippen molar-refractivity contribution in [3.63, 3.8) is 0 Å². The number of hydrogen-bond donors (Lipinski definition) is 0. The van der Waals surface area contributed by atoms with Crippen LogP contribution in [0, 0.1) is 0 Å². The number of likely N-dealkylation sites (tertiary alicyclic amines) is 1. The van der Waals surface area contributed by atoms with Crippen LogP contribution < -0.4 is 0 Å². The lowest BCUT2D eigenvalue weighted by atomic mass is 10.0. The summed E-state index contributed by atoms with van der Waals surface area (Å²) in [5.74, 6) is 0. The van der Waals surface area contributed by atoms with E-state index in [1.165, 1.54) is 44.3 Å². The Morgan fingerprint density at radius 1 is 1.20 bits per heavy atom. The third kappa shape index (κ3) is 2.53. The van der Waals surface area contributed by atoms with E-state index < -0.39 is 0 Å². The van der Waals surface area contributed by atoms with Crippen molar-refractivity contribution < 1.29 is 0 Å². The molecular formula is C9H17N. The molecule has 0 aromatic carbocycles. The first kappa shape index (κ1) is 7.80. The van der Waals surface area contributed by atoms with E-state index in [2.05, 4.69) is 18.5 Å². The zero-order valence-electron chi connectivity index (χ0n) is 6.90. The van der Waals surface area contributed by atoms with Crippen molar-refractivity contribution in [2.24, 2.45) is 0 Å². The zero-order chi connectivity index (χ0) is 7.40. The topological polar surface area (TPSA) is 3.24 Å². The summed E-state index contributed by atoms with van der Waals surface area (Å²) in [6.45, 7) is 6.52. The summed E-state index contributed by atoms with van der Waals surface area (Å²) in [5.41, 5.74) is 1.45. The second-order valence-electron chi connectivity index (χ2n) is 3.26. The van der Waals surface area contributed by atoms with Crippen LogP contribution in [0.1, 0.15) is 25.7 Å². The molecule has 1 rings (SSSR count). The van der Waals surface area contributed by atoms with Crippen LogP contribution in [0.5, 0.6) is 0 Å². The molecule has 0 aromatic rings. The third-order valence-corrected chi connectivity index (χ3v) is 2.14. The average Bonchev–Trinajstić information content (AvgIpc) is 1.84. The fraction of sp³-hybridized carbons (Fsp3) is 0.778. The quantitative estimate of drug-likeness (QED) is 0.464. The summed E-state index contributed by atoms with van der Waals surface area (Å²) in [7, 11) is 2.20. The predicted molar refractivity (Wildman–Crippen MR) is 45.1 cm³/mol. The number of nitrogens with zero attached hydrogens (tertiary/aromatic N) is 1. The summed E-state index contributed by atoms with van der Waals surface area (Å²) in [6.07, 6.45) is 5.08. The third-order valence-electron chi connectivity index (χ3n) is 2.14. The van der Waals surface area contributed by atoms with E-state index in [-0.39, 0.29) is 0 Å². The van der Waals surface area contributed by atoms with Crippen LogP contribution in [0.2, 0.25) is 0 Å². The molecule has 10 heavy (non-hydrogen) atoms. The van der Waals surface area contributed by atoms with Gasteiger partial charge in [0.15, 0.2) is 0 Å². The maximum atomic E-state index is 4.02. The molecule has 1 nitrogen and oxygen atoms in total. The molecule has 58 valence electrons. The van der Waals surface area contributed by atoms with Gasteiger partial charge < -0.3 is 4.90 Å². The smallest absolute Gasteiger partial charge is 0.00187 e. The summed E-state index contributed by atoms with van der Waals surface area (Å²) < 4.78 is 0. The number of hydrogen-bond acceptors (Lipinski definition) is 1. The van der Waals surface area contributed by atoms with Gasteiger partial charge >= 0.3 is 0 Å². The van der Waals surface area contributed by atoms with Gasteiger partial charge in [-0.3, -0.25) is 0 Å². The van der Waals surface area contributed by atoms with Crippen molar-refractivity contribution >= 4 is 0 Å². The van der Waals surface area contributed by atoms with Gasteiger partial charge in [-0.2, -0.15) is 0 Å². The zero-order valence-corrected chi connectivity index (χ0v) is 6.90. The van der Waals surface area contributed by atoms with Crippen molar-refractivity contribution in [3.05, 3.63) is 12.2 Å². The molecule has 0 amide bonds. The molecule has 1 heterocycles. The van der Waals surface area contributed by atoms with Crippen molar-refractivity contribution in [2.75, 3.05) is 20.1 Å². The Kier molecular flexibility index (Phi) is 2.94. The largest absolute Gasteiger partial charge is 0.306 e. The first-order valence-electron chi connectivity index (χ1n) is 4.14. The fourth-order valence-electron chi connectivity index (χ4n) is 1.43. The maximum absolute atomic E-state index is 4.02. The van der Waals surface area contributed by atoms with Gasteiger partial charge in [0.05, 0.1) is 0 Å². The van der Waals surface area contributed by atoms with Gasteiger partial charge in [0, 0.05) is 0 Å². The van der Waals surface area contributed by atoms with Gasteiger partial charge in [0.2, 0.25) is 0 Å². The maximum Gasteiger partial charge on any atom is -0.00187 e. The Labute approximate surface area is 63.7 Å². The monoisotopic (exact) mass is 139 g/mol. The Balaban J connectivity index is 2.27. The number of allylic oxidation sites excluding steroid dienone is 1. The molecule has 0 saturated carbocycles. The fourth-order valence-corrected chi connectivity index (χ4v) is 1.43. The SMILES string of the molecule is C=C1CCCN(C)CCC1. The molecule has 0 atom stereocenters. The lowest BCUT2D eigenvalue weighted by Crippen LogP contribution is -2.22. The molecule has 0 spiro atoms. The van der Waals surface area contributed by atoms with Crippen LogP contribution in [0.4, 0.5) is 0 Å². The summed E-state index contributed by atoms with van der Waals surface area (Å²) in [4.78, 5) is 2.41. The Hall–Kier alpha value is -0.300. The molecule has 0 bridgehead atoms. The molecule has 0 radical (unpaired) electrons. The summed E-state index contributed by atoms with van der Waals surface area (Å²) in [6, 6.07) is 0. The van der Waals surface area contributed by atoms with Gasteiger partial charge in [-0.1, -0.05) is 12.2 Å². The second-order valence-corrected chi connectivity index (χ2v) is 3.26. The minimum atomic E-state index is 1.24. The van der Waals surface area contributed by atoms with E-state index in [9.17, 15) is 0 Å². The highest BCUT2D eigenvalue weighted by atomic mass is 15.1. The molecular weight excluding hydrogens is 122 g/mol. The van der Waals surface area contributed by atoms with Crippen LogP contribution in [0.25, 0.3) is 0 Å². The lowest BCUT2D eigenvalue weighted by Gasteiger charge is -2.20. The van der Waals surface area contributed by atoms with E-state index in [1.54, 1.807) is 0 Å². The predicted octanol–water partition coefficient (Wildman–Crippen LogP) is 2.05. The number of rotatable bonds is 0. The van der Waals surface area contributed by atoms with Crippen LogP contribution in [-0.4, -0.2) is 25.0 Å². The van der Waals surface area contributed by atoms with Crippen molar-refractivity contribution in [2.45, 2.75) is 25.7 Å². The molecule has 0 unspecified atom stereocenters. The van der Waals surface area contributed by atoms with E-state index in [0.717, 1.165) is 0 Å². The Bertz CT molecular complexity index is 106. The summed E-state index contributed by atoms with van der Waals surface area (Å²) >= 11 is 0. The van der Waals surface area contributed by atoms with Gasteiger partial charge in [-0.25, -0.2) is 0 Å².